The summed E-state index contributed by atoms with van der Waals surface area (Å²) in [5.74, 6) is -1.08. The maximum atomic E-state index is 15.2. The minimum absolute atomic E-state index is 0.0890. The standard InChI is InChI=1S/C29H24F2N6O4/c30-18-6-4-17(5-7-18)22-2-1-3-23(37(22)40)29(39)33-19-8-9-24(21(31)16-19)41-25-10-13-32-27-26(25)28(35-34-27)36-14-11-20(38)12-15-36/h1-10,13,16,20,38H,11-12,14-15H2,(H,33,39)(H,32,34,35). The summed E-state index contributed by atoms with van der Waals surface area (Å²) in [7, 11) is 0. The number of aliphatic hydroxyl groups excluding tert-OH is 1. The summed E-state index contributed by atoms with van der Waals surface area (Å²) in [4.78, 5) is 19.2. The van der Waals surface area contributed by atoms with E-state index in [0.717, 1.165) is 6.07 Å². The zero-order valence-corrected chi connectivity index (χ0v) is 21.6. The number of ether oxygens (including phenoxy) is 1. The van der Waals surface area contributed by atoms with Crippen LogP contribution in [0.5, 0.6) is 11.5 Å². The zero-order chi connectivity index (χ0) is 28.5. The summed E-state index contributed by atoms with van der Waals surface area (Å²) >= 11 is 0. The summed E-state index contributed by atoms with van der Waals surface area (Å²) in [5.41, 5.74) is 0.969. The van der Waals surface area contributed by atoms with Gasteiger partial charge in [-0.15, -0.1) is 0 Å². The highest BCUT2D eigenvalue weighted by molar-refractivity contribution is 6.02. The van der Waals surface area contributed by atoms with Gasteiger partial charge in [0.05, 0.1) is 6.10 Å². The monoisotopic (exact) mass is 558 g/mol. The molecule has 0 saturated carbocycles. The summed E-state index contributed by atoms with van der Waals surface area (Å²) in [6.07, 6.45) is 2.38. The highest BCUT2D eigenvalue weighted by Gasteiger charge is 2.24. The number of carbonyl (C=O) groups excluding carboxylic acids is 1. The van der Waals surface area contributed by atoms with Gasteiger partial charge in [0, 0.05) is 54.8 Å². The summed E-state index contributed by atoms with van der Waals surface area (Å²) in [6, 6.07) is 15.2. The van der Waals surface area contributed by atoms with Crippen molar-refractivity contribution in [2.24, 2.45) is 0 Å². The molecular formula is C29H24F2N6O4. The van der Waals surface area contributed by atoms with Gasteiger partial charge in [-0.3, -0.25) is 9.89 Å². The second kappa shape index (κ2) is 10.8. The zero-order valence-electron chi connectivity index (χ0n) is 21.6. The molecule has 2 aromatic carbocycles. The fourth-order valence-corrected chi connectivity index (χ4v) is 4.77. The fourth-order valence-electron chi connectivity index (χ4n) is 4.77. The van der Waals surface area contributed by atoms with Crippen molar-refractivity contribution in [2.45, 2.75) is 18.9 Å². The van der Waals surface area contributed by atoms with Gasteiger partial charge in [0.25, 0.3) is 5.69 Å². The van der Waals surface area contributed by atoms with Crippen LogP contribution in [0.3, 0.4) is 0 Å². The van der Waals surface area contributed by atoms with Crippen molar-refractivity contribution in [3.05, 3.63) is 95.5 Å². The number of H-pyrrole nitrogens is 1. The lowest BCUT2D eigenvalue weighted by atomic mass is 10.1. The minimum atomic E-state index is -0.748. The van der Waals surface area contributed by atoms with Crippen LogP contribution in [0, 0.1) is 16.8 Å². The minimum Gasteiger partial charge on any atom is -0.618 e. The molecule has 1 saturated heterocycles. The maximum absolute atomic E-state index is 15.2. The number of aromatic nitrogens is 4. The molecule has 5 aromatic rings. The summed E-state index contributed by atoms with van der Waals surface area (Å²) < 4.78 is 34.8. The van der Waals surface area contributed by atoms with Crippen molar-refractivity contribution in [2.75, 3.05) is 23.3 Å². The number of nitrogens with one attached hydrogen (secondary N) is 2. The molecule has 0 unspecified atom stereocenters. The molecule has 0 atom stereocenters. The Morgan fingerprint density at radius 3 is 2.61 bits per heavy atom. The van der Waals surface area contributed by atoms with Gasteiger partial charge in [-0.05, 0) is 55.3 Å². The second-order valence-corrected chi connectivity index (χ2v) is 9.60. The van der Waals surface area contributed by atoms with Crippen LogP contribution in [-0.2, 0) is 0 Å². The Kier molecular flexibility index (Phi) is 6.89. The van der Waals surface area contributed by atoms with Crippen LogP contribution >= 0.6 is 0 Å². The van der Waals surface area contributed by atoms with E-state index >= 15 is 4.39 Å². The van der Waals surface area contributed by atoms with E-state index in [2.05, 4.69) is 20.5 Å². The van der Waals surface area contributed by atoms with Gasteiger partial charge in [0.1, 0.15) is 17.0 Å². The number of benzene rings is 2. The molecular weight excluding hydrogens is 534 g/mol. The molecule has 12 heteroatoms. The number of pyridine rings is 2. The molecule has 10 nitrogen and oxygen atoms in total. The molecule has 0 aliphatic carbocycles. The average molecular weight is 559 g/mol. The average Bonchev–Trinajstić information content (AvgIpc) is 3.41. The van der Waals surface area contributed by atoms with Crippen molar-refractivity contribution in [3.8, 4) is 22.8 Å². The first-order chi connectivity index (χ1) is 19.9. The van der Waals surface area contributed by atoms with Crippen LogP contribution in [0.2, 0.25) is 0 Å². The van der Waals surface area contributed by atoms with E-state index in [-0.39, 0.29) is 28.9 Å². The van der Waals surface area contributed by atoms with Crippen LogP contribution in [0.25, 0.3) is 22.3 Å². The van der Waals surface area contributed by atoms with Crippen molar-refractivity contribution in [3.63, 3.8) is 0 Å². The molecule has 0 radical (unpaired) electrons. The molecule has 0 bridgehead atoms. The Hall–Kier alpha value is -5.10. The molecule has 6 rings (SSSR count). The summed E-state index contributed by atoms with van der Waals surface area (Å²) in [5, 5.41) is 33.1. The number of piperidine rings is 1. The van der Waals surface area contributed by atoms with Crippen LogP contribution in [0.4, 0.5) is 20.3 Å². The molecule has 0 spiro atoms. The second-order valence-electron chi connectivity index (χ2n) is 9.60. The highest BCUT2D eigenvalue weighted by Crippen LogP contribution is 2.36. The Balaban J connectivity index is 1.22. The Bertz CT molecular complexity index is 1740. The maximum Gasteiger partial charge on any atom is 0.321 e. The van der Waals surface area contributed by atoms with Crippen molar-refractivity contribution in [1.29, 1.82) is 0 Å². The number of carbonyl (C=O) groups is 1. The van der Waals surface area contributed by atoms with E-state index in [0.29, 0.717) is 58.8 Å². The van der Waals surface area contributed by atoms with Crippen molar-refractivity contribution >= 4 is 28.4 Å². The molecule has 1 aliphatic heterocycles. The van der Waals surface area contributed by atoms with E-state index in [4.69, 9.17) is 4.74 Å². The topological polar surface area (TPSA) is 130 Å². The lowest BCUT2D eigenvalue weighted by Gasteiger charge is -2.29. The number of halogens is 2. The van der Waals surface area contributed by atoms with Gasteiger partial charge in [-0.1, -0.05) is 0 Å². The first-order valence-electron chi connectivity index (χ1n) is 12.9. The predicted octanol–water partition coefficient (Wildman–Crippen LogP) is 4.54. The number of aliphatic hydroxyl groups is 1. The predicted molar refractivity (Wildman–Crippen MR) is 147 cm³/mol. The van der Waals surface area contributed by atoms with E-state index in [1.165, 1.54) is 60.8 Å². The van der Waals surface area contributed by atoms with Crippen molar-refractivity contribution in [1.82, 2.24) is 15.2 Å². The Labute approximate surface area is 232 Å². The molecule has 4 heterocycles. The molecule has 1 aliphatic rings. The Morgan fingerprint density at radius 2 is 1.85 bits per heavy atom. The van der Waals surface area contributed by atoms with Gasteiger partial charge in [-0.25, -0.2) is 13.8 Å². The third-order valence-electron chi connectivity index (χ3n) is 6.90. The lowest BCUT2D eigenvalue weighted by molar-refractivity contribution is -0.595. The fraction of sp³-hybridized carbons (Fsp3) is 0.172. The molecule has 208 valence electrons. The number of anilines is 2. The lowest BCUT2D eigenvalue weighted by Crippen LogP contribution is -2.38. The normalized spacial score (nSPS) is 13.9. The molecule has 1 amide bonds. The van der Waals surface area contributed by atoms with Gasteiger partial charge in [0.2, 0.25) is 5.69 Å². The number of aromatic amines is 1. The number of fused-ring (bicyclic) bond motifs is 1. The smallest absolute Gasteiger partial charge is 0.321 e. The van der Waals surface area contributed by atoms with Crippen LogP contribution in [-0.4, -0.2) is 45.4 Å². The molecule has 1 fully saturated rings. The van der Waals surface area contributed by atoms with Crippen LogP contribution in [0.15, 0.2) is 72.9 Å². The molecule has 41 heavy (non-hydrogen) atoms. The van der Waals surface area contributed by atoms with Gasteiger partial charge in [0.15, 0.2) is 23.0 Å². The quantitative estimate of drug-likeness (QED) is 0.206. The number of hydrogen-bond donors (Lipinski definition) is 3. The van der Waals surface area contributed by atoms with Gasteiger partial charge < -0.3 is 25.3 Å². The highest BCUT2D eigenvalue weighted by atomic mass is 19.1. The number of rotatable bonds is 6. The van der Waals surface area contributed by atoms with Crippen molar-refractivity contribution < 1.29 is 28.1 Å². The SMILES string of the molecule is O=C(Nc1ccc(Oc2ccnc3[nH]nc(N4CCC(O)CC4)c23)c(F)c1)c1cccc(-c2ccc(F)cc2)[n+]1[O-]. The molecule has 3 aromatic heterocycles. The van der Waals surface area contributed by atoms with Gasteiger partial charge >= 0.3 is 5.91 Å². The van der Waals surface area contributed by atoms with E-state index in [1.807, 2.05) is 4.90 Å². The number of hydrogen-bond acceptors (Lipinski definition) is 7. The van der Waals surface area contributed by atoms with Crippen LogP contribution < -0.4 is 19.7 Å². The third kappa shape index (κ3) is 5.24. The largest absolute Gasteiger partial charge is 0.618 e. The third-order valence-corrected chi connectivity index (χ3v) is 6.90. The van der Waals surface area contributed by atoms with E-state index < -0.39 is 17.5 Å². The van der Waals surface area contributed by atoms with E-state index in [1.54, 1.807) is 6.07 Å². The first-order valence-corrected chi connectivity index (χ1v) is 12.9. The molecule has 3 N–H and O–H groups in total. The summed E-state index contributed by atoms with van der Waals surface area (Å²) in [6.45, 7) is 1.21. The van der Waals surface area contributed by atoms with Gasteiger partial charge in [-0.2, -0.15) is 9.83 Å². The number of amides is 1. The first kappa shape index (κ1) is 26.1. The van der Waals surface area contributed by atoms with Crippen LogP contribution in [0.1, 0.15) is 23.3 Å². The Morgan fingerprint density at radius 1 is 1.07 bits per heavy atom. The number of nitrogens with zero attached hydrogens (tertiary/aromatic N) is 4. The van der Waals surface area contributed by atoms with E-state index in [9.17, 15) is 19.5 Å².